The van der Waals surface area contributed by atoms with Crippen molar-refractivity contribution in [2.75, 3.05) is 5.32 Å². The van der Waals surface area contributed by atoms with Crippen molar-refractivity contribution in [3.63, 3.8) is 0 Å². The van der Waals surface area contributed by atoms with Crippen molar-refractivity contribution in [3.05, 3.63) is 84.7 Å². The van der Waals surface area contributed by atoms with Gasteiger partial charge < -0.3 is 9.84 Å². The molecule has 146 valence electrons. The summed E-state index contributed by atoms with van der Waals surface area (Å²) in [4.78, 5) is 25.4. The smallest absolute Gasteiger partial charge is 0.256 e. The monoisotopic (exact) mass is 396 g/mol. The molecule has 5 rings (SSSR count). The molecular formula is C22H16N6O2. The first kappa shape index (κ1) is 17.7. The number of anilines is 1. The summed E-state index contributed by atoms with van der Waals surface area (Å²) < 4.78 is 7.32. The van der Waals surface area contributed by atoms with Crippen molar-refractivity contribution in [1.82, 2.24) is 24.7 Å². The number of rotatable bonds is 4. The maximum Gasteiger partial charge on any atom is 0.256 e. The van der Waals surface area contributed by atoms with Gasteiger partial charge in [-0.25, -0.2) is 15.0 Å². The number of nitrogens with one attached hydrogen (secondary N) is 1. The van der Waals surface area contributed by atoms with E-state index in [0.29, 0.717) is 28.5 Å². The Labute approximate surface area is 171 Å². The van der Waals surface area contributed by atoms with Gasteiger partial charge in [0, 0.05) is 29.6 Å². The zero-order valence-corrected chi connectivity index (χ0v) is 16.0. The lowest BCUT2D eigenvalue weighted by Gasteiger charge is -2.07. The second-order valence-corrected chi connectivity index (χ2v) is 6.67. The van der Waals surface area contributed by atoms with E-state index in [4.69, 9.17) is 4.52 Å². The van der Waals surface area contributed by atoms with Gasteiger partial charge in [0.2, 0.25) is 0 Å². The van der Waals surface area contributed by atoms with Crippen molar-refractivity contribution >= 4 is 22.6 Å². The van der Waals surface area contributed by atoms with Crippen molar-refractivity contribution < 1.29 is 9.32 Å². The number of aryl methyl sites for hydroxylation is 1. The van der Waals surface area contributed by atoms with E-state index in [-0.39, 0.29) is 5.91 Å². The summed E-state index contributed by atoms with van der Waals surface area (Å²) in [6.45, 7) is 1.87. The van der Waals surface area contributed by atoms with Gasteiger partial charge in [-0.15, -0.1) is 0 Å². The first-order valence-corrected chi connectivity index (χ1v) is 9.27. The lowest BCUT2D eigenvalue weighted by atomic mass is 10.1. The summed E-state index contributed by atoms with van der Waals surface area (Å²) in [5.74, 6) is 2.14. The van der Waals surface area contributed by atoms with Crippen LogP contribution in [0.15, 0.2) is 77.8 Å². The Bertz CT molecular complexity index is 1360. The lowest BCUT2D eigenvalue weighted by molar-refractivity contribution is 0.102. The predicted molar refractivity (Wildman–Crippen MR) is 111 cm³/mol. The molecule has 0 radical (unpaired) electrons. The standard InChI is InChI=1S/C22H16N6O2/c1-14-23-9-10-28(14)20-12-19(24-13-25-20)26-22(29)16-7-8-18-17(11-16)21(30-27-18)15-5-3-2-4-6-15/h2-13H,1H3,(H,24,25,26,29). The van der Waals surface area contributed by atoms with Gasteiger partial charge in [0.15, 0.2) is 5.76 Å². The molecule has 5 aromatic rings. The van der Waals surface area contributed by atoms with Gasteiger partial charge in [-0.05, 0) is 25.1 Å². The molecule has 0 atom stereocenters. The minimum atomic E-state index is -0.288. The van der Waals surface area contributed by atoms with Crippen LogP contribution < -0.4 is 5.32 Å². The molecule has 8 heteroatoms. The number of hydrogen-bond donors (Lipinski definition) is 1. The number of nitrogens with zero attached hydrogens (tertiary/aromatic N) is 5. The summed E-state index contributed by atoms with van der Waals surface area (Å²) in [7, 11) is 0. The molecule has 0 fully saturated rings. The van der Waals surface area contributed by atoms with E-state index in [0.717, 1.165) is 16.8 Å². The third-order valence-corrected chi connectivity index (χ3v) is 4.74. The van der Waals surface area contributed by atoms with Gasteiger partial charge in [0.05, 0.1) is 5.39 Å². The molecule has 3 aromatic heterocycles. The van der Waals surface area contributed by atoms with Gasteiger partial charge in [-0.1, -0.05) is 35.5 Å². The summed E-state index contributed by atoms with van der Waals surface area (Å²) in [6.07, 6.45) is 4.89. The molecule has 0 aliphatic heterocycles. The third kappa shape index (κ3) is 3.20. The highest BCUT2D eigenvalue weighted by molar-refractivity contribution is 6.07. The number of fused-ring (bicyclic) bond motifs is 1. The van der Waals surface area contributed by atoms with E-state index in [1.807, 2.05) is 41.8 Å². The topological polar surface area (TPSA) is 98.7 Å². The second-order valence-electron chi connectivity index (χ2n) is 6.67. The van der Waals surface area contributed by atoms with Crippen molar-refractivity contribution in [2.24, 2.45) is 0 Å². The van der Waals surface area contributed by atoms with Crippen LogP contribution in [0.25, 0.3) is 28.0 Å². The molecule has 0 bridgehead atoms. The highest BCUT2D eigenvalue weighted by atomic mass is 16.5. The molecule has 2 aromatic carbocycles. The Balaban J connectivity index is 1.45. The molecule has 0 aliphatic carbocycles. The largest absolute Gasteiger partial charge is 0.355 e. The van der Waals surface area contributed by atoms with Crippen LogP contribution in [0.1, 0.15) is 16.2 Å². The fourth-order valence-electron chi connectivity index (χ4n) is 3.24. The maximum atomic E-state index is 12.9. The average molecular weight is 396 g/mol. The minimum Gasteiger partial charge on any atom is -0.355 e. The van der Waals surface area contributed by atoms with E-state index < -0.39 is 0 Å². The highest BCUT2D eigenvalue weighted by Crippen LogP contribution is 2.29. The molecule has 30 heavy (non-hydrogen) atoms. The second kappa shape index (κ2) is 7.25. The normalized spacial score (nSPS) is 11.0. The van der Waals surface area contributed by atoms with Crippen LogP contribution >= 0.6 is 0 Å². The van der Waals surface area contributed by atoms with E-state index in [1.54, 1.807) is 36.7 Å². The van der Waals surface area contributed by atoms with Crippen LogP contribution in [0.2, 0.25) is 0 Å². The predicted octanol–water partition coefficient (Wildman–Crippen LogP) is 4.03. The van der Waals surface area contributed by atoms with Crippen LogP contribution in [-0.4, -0.2) is 30.6 Å². The van der Waals surface area contributed by atoms with Gasteiger partial charge in [-0.2, -0.15) is 0 Å². The quantitative estimate of drug-likeness (QED) is 0.492. The third-order valence-electron chi connectivity index (χ3n) is 4.74. The van der Waals surface area contributed by atoms with Crippen LogP contribution in [0, 0.1) is 6.92 Å². The van der Waals surface area contributed by atoms with Crippen LogP contribution in [-0.2, 0) is 0 Å². The maximum absolute atomic E-state index is 12.9. The van der Waals surface area contributed by atoms with Gasteiger partial charge in [-0.3, -0.25) is 9.36 Å². The highest BCUT2D eigenvalue weighted by Gasteiger charge is 2.15. The number of carbonyl (C=O) groups excluding carboxylic acids is 1. The molecule has 1 N–H and O–H groups in total. The Morgan fingerprint density at radius 1 is 1.03 bits per heavy atom. The Kier molecular flexibility index (Phi) is 4.29. The van der Waals surface area contributed by atoms with E-state index in [2.05, 4.69) is 25.4 Å². The van der Waals surface area contributed by atoms with Crippen molar-refractivity contribution in [3.8, 4) is 17.1 Å². The summed E-state index contributed by atoms with van der Waals surface area (Å²) in [6, 6.07) is 16.6. The Hall–Kier alpha value is -4.33. The molecule has 0 aliphatic rings. The lowest BCUT2D eigenvalue weighted by Crippen LogP contribution is -2.13. The van der Waals surface area contributed by atoms with Crippen LogP contribution in [0.3, 0.4) is 0 Å². The summed E-state index contributed by atoms with van der Waals surface area (Å²) >= 11 is 0. The van der Waals surface area contributed by atoms with Gasteiger partial charge in [0.25, 0.3) is 5.91 Å². The van der Waals surface area contributed by atoms with E-state index >= 15 is 0 Å². The molecule has 8 nitrogen and oxygen atoms in total. The van der Waals surface area contributed by atoms with Crippen molar-refractivity contribution in [1.29, 1.82) is 0 Å². The van der Waals surface area contributed by atoms with Gasteiger partial charge >= 0.3 is 0 Å². The molecule has 0 unspecified atom stereocenters. The fraction of sp³-hybridized carbons (Fsp3) is 0.0455. The number of benzene rings is 2. The number of imidazole rings is 1. The SMILES string of the molecule is Cc1nccn1-c1cc(NC(=O)c2ccc3noc(-c4ccccc4)c3c2)ncn1. The molecule has 0 saturated heterocycles. The van der Waals surface area contributed by atoms with Crippen LogP contribution in [0.4, 0.5) is 5.82 Å². The molecule has 1 amide bonds. The molecule has 0 spiro atoms. The first-order valence-electron chi connectivity index (χ1n) is 9.27. The summed E-state index contributed by atoms with van der Waals surface area (Å²) in [5, 5.41) is 7.68. The zero-order valence-electron chi connectivity index (χ0n) is 16.0. The number of amides is 1. The molecular weight excluding hydrogens is 380 g/mol. The zero-order chi connectivity index (χ0) is 20.5. The first-order chi connectivity index (χ1) is 14.7. The van der Waals surface area contributed by atoms with Gasteiger partial charge in [0.1, 0.15) is 29.3 Å². The minimum absolute atomic E-state index is 0.288. The number of aromatic nitrogens is 5. The Morgan fingerprint density at radius 3 is 2.70 bits per heavy atom. The van der Waals surface area contributed by atoms with E-state index in [9.17, 15) is 4.79 Å². The molecule has 0 saturated carbocycles. The molecule has 3 heterocycles. The van der Waals surface area contributed by atoms with Crippen molar-refractivity contribution in [2.45, 2.75) is 6.92 Å². The number of carbonyl (C=O) groups is 1. The fourth-order valence-corrected chi connectivity index (χ4v) is 3.24. The number of hydrogen-bond acceptors (Lipinski definition) is 6. The summed E-state index contributed by atoms with van der Waals surface area (Å²) in [5.41, 5.74) is 2.06. The van der Waals surface area contributed by atoms with Crippen LogP contribution in [0.5, 0.6) is 0 Å². The Morgan fingerprint density at radius 2 is 1.90 bits per heavy atom. The average Bonchev–Trinajstić information content (AvgIpc) is 3.40. The van der Waals surface area contributed by atoms with E-state index in [1.165, 1.54) is 6.33 Å².